The van der Waals surface area contributed by atoms with E-state index < -0.39 is 0 Å². The minimum atomic E-state index is -0.0216. The van der Waals surface area contributed by atoms with Gasteiger partial charge in [0.25, 0.3) is 0 Å². The molecule has 2 aliphatic heterocycles. The van der Waals surface area contributed by atoms with Gasteiger partial charge in [-0.05, 0) is 0 Å². The van der Waals surface area contributed by atoms with Gasteiger partial charge in [0, 0.05) is 0 Å². The average molecular weight is 927 g/mol. The molecule has 0 aliphatic carbocycles. The Bertz CT molecular complexity index is 3430. The molecular formula is C61H62BN3Se. The first-order valence-corrected chi connectivity index (χ1v) is 25.8. The first-order chi connectivity index (χ1) is 31.3. The Morgan fingerprint density at radius 3 is 1.80 bits per heavy atom. The summed E-state index contributed by atoms with van der Waals surface area (Å²) < 4.78 is 8.17. The molecule has 0 saturated heterocycles. The van der Waals surface area contributed by atoms with E-state index in [1.165, 1.54) is 97.4 Å². The van der Waals surface area contributed by atoms with Crippen LogP contribution in [0.2, 0.25) is 0 Å². The molecule has 2 aliphatic rings. The van der Waals surface area contributed by atoms with Crippen LogP contribution < -0.4 is 25.3 Å². The number of rotatable bonds is 5. The standard InChI is InChI=1S/C61H62BN3Se/c1-35(2)42-21-17-22-43(36(3)4)55(42)65-57-44(23-18-24-49(57)63-58(65)37-19-15-14-16-20-37)38-29-51-54-53(30-38)66-52-28-26-40(60(8,9)10)33-47(52)62(54)48-34-41(61(11,12)13)32-46-45-31-39(59(5,6)7)25-27-50(45)64(51)56(46)48/h14-36H,1-13H3. The Balaban J connectivity index is 1.29. The van der Waals surface area contributed by atoms with Crippen molar-refractivity contribution in [3.05, 3.63) is 155 Å². The Hall–Kier alpha value is -5.61. The molecule has 9 aromatic rings. The van der Waals surface area contributed by atoms with E-state index in [2.05, 4.69) is 227 Å². The molecule has 11 rings (SSSR count). The maximum atomic E-state index is 5.57. The molecule has 66 heavy (non-hydrogen) atoms. The predicted molar refractivity (Wildman–Crippen MR) is 287 cm³/mol. The topological polar surface area (TPSA) is 22.8 Å². The zero-order valence-corrected chi connectivity index (χ0v) is 42.8. The van der Waals surface area contributed by atoms with Gasteiger partial charge in [-0.2, -0.15) is 0 Å². The zero-order valence-electron chi connectivity index (χ0n) is 41.1. The molecule has 4 heterocycles. The zero-order chi connectivity index (χ0) is 46.4. The van der Waals surface area contributed by atoms with E-state index in [1.54, 1.807) is 0 Å². The van der Waals surface area contributed by atoms with Gasteiger partial charge in [-0.25, -0.2) is 0 Å². The summed E-state index contributed by atoms with van der Waals surface area (Å²) in [6.45, 7) is 30.7. The van der Waals surface area contributed by atoms with Crippen LogP contribution in [-0.2, 0) is 16.2 Å². The number of hydrogen-bond acceptors (Lipinski definition) is 1. The van der Waals surface area contributed by atoms with Crippen molar-refractivity contribution in [1.82, 2.24) is 14.1 Å². The summed E-state index contributed by atoms with van der Waals surface area (Å²) in [4.78, 5) is 5.57. The van der Waals surface area contributed by atoms with Gasteiger partial charge < -0.3 is 0 Å². The molecule has 0 saturated carbocycles. The number of fused-ring (bicyclic) bond motifs is 8. The molecule has 0 radical (unpaired) electrons. The van der Waals surface area contributed by atoms with E-state index in [4.69, 9.17) is 4.98 Å². The molecule has 0 amide bonds. The summed E-state index contributed by atoms with van der Waals surface area (Å²) in [5.41, 5.74) is 22.3. The van der Waals surface area contributed by atoms with Gasteiger partial charge in [0.1, 0.15) is 0 Å². The fourth-order valence-corrected chi connectivity index (χ4v) is 13.4. The van der Waals surface area contributed by atoms with Crippen LogP contribution in [0.5, 0.6) is 0 Å². The quantitative estimate of drug-likeness (QED) is 0.158. The molecule has 0 spiro atoms. The molecule has 330 valence electrons. The summed E-state index contributed by atoms with van der Waals surface area (Å²) in [5.74, 6) is 1.62. The normalized spacial score (nSPS) is 13.7. The Morgan fingerprint density at radius 1 is 0.515 bits per heavy atom. The van der Waals surface area contributed by atoms with Crippen LogP contribution in [0.1, 0.15) is 130 Å². The molecule has 2 aromatic heterocycles. The van der Waals surface area contributed by atoms with Crippen LogP contribution in [0.15, 0.2) is 127 Å². The van der Waals surface area contributed by atoms with Gasteiger partial charge in [0.05, 0.1) is 0 Å². The second-order valence-electron chi connectivity index (χ2n) is 22.9. The maximum absolute atomic E-state index is 5.57. The summed E-state index contributed by atoms with van der Waals surface area (Å²) in [5, 5.41) is 2.70. The fourth-order valence-electron chi connectivity index (χ4n) is 10.9. The number of nitrogens with zero attached hydrogens (tertiary/aromatic N) is 3. The van der Waals surface area contributed by atoms with Crippen molar-refractivity contribution in [2.75, 3.05) is 0 Å². The summed E-state index contributed by atoms with van der Waals surface area (Å²) in [7, 11) is 0. The number of hydrogen-bond donors (Lipinski definition) is 0. The first kappa shape index (κ1) is 43.0. The van der Waals surface area contributed by atoms with Gasteiger partial charge in [0.2, 0.25) is 0 Å². The van der Waals surface area contributed by atoms with Crippen molar-refractivity contribution >= 4 is 79.8 Å². The average Bonchev–Trinajstić information content (AvgIpc) is 3.83. The van der Waals surface area contributed by atoms with Crippen molar-refractivity contribution in [3.8, 4) is 33.9 Å². The van der Waals surface area contributed by atoms with Crippen LogP contribution in [0.4, 0.5) is 0 Å². The molecule has 0 N–H and O–H groups in total. The van der Waals surface area contributed by atoms with Crippen LogP contribution in [0.3, 0.4) is 0 Å². The van der Waals surface area contributed by atoms with Crippen LogP contribution >= 0.6 is 0 Å². The van der Waals surface area contributed by atoms with Crippen molar-refractivity contribution in [3.63, 3.8) is 0 Å². The molecule has 0 unspecified atom stereocenters. The summed E-state index contributed by atoms with van der Waals surface area (Å²) in [6, 6.07) is 49.6. The van der Waals surface area contributed by atoms with Gasteiger partial charge in [0.15, 0.2) is 0 Å². The van der Waals surface area contributed by atoms with Crippen LogP contribution in [0.25, 0.3) is 66.7 Å². The molecule has 0 atom stereocenters. The third-order valence-electron chi connectivity index (χ3n) is 14.6. The third kappa shape index (κ3) is 6.63. The number of para-hydroxylation sites is 2. The Morgan fingerprint density at radius 2 is 1.14 bits per heavy atom. The number of aromatic nitrogens is 3. The van der Waals surface area contributed by atoms with E-state index in [1.807, 2.05) is 0 Å². The molecular weight excluding hydrogens is 864 g/mol. The van der Waals surface area contributed by atoms with E-state index in [0.717, 1.165) is 22.4 Å². The molecule has 7 aromatic carbocycles. The summed E-state index contributed by atoms with van der Waals surface area (Å²) >= 11 is 0.0847. The Labute approximate surface area is 398 Å². The SMILES string of the molecule is CC(C)c1cccc(C(C)C)c1-n1c(-c2ccccc2)nc2cccc(-c3cc4c5c(c3)-n3c6ccc(C(C)(C)C)cc6c6cc(C(C)(C)C)cc(c63)B5c3cc(C(C)(C)C)ccc3[Se]4)c21. The van der Waals surface area contributed by atoms with E-state index >= 15 is 0 Å². The van der Waals surface area contributed by atoms with Gasteiger partial charge in [-0.1, -0.05) is 0 Å². The van der Waals surface area contributed by atoms with Crippen molar-refractivity contribution < 1.29 is 0 Å². The van der Waals surface area contributed by atoms with Crippen LogP contribution in [-0.4, -0.2) is 35.8 Å². The van der Waals surface area contributed by atoms with Crippen molar-refractivity contribution in [1.29, 1.82) is 0 Å². The predicted octanol–water partition coefficient (Wildman–Crippen LogP) is 12.4. The fraction of sp³-hybridized carbons (Fsp3) is 0.295. The monoisotopic (exact) mass is 927 g/mol. The third-order valence-corrected chi connectivity index (χ3v) is 17.0. The van der Waals surface area contributed by atoms with Gasteiger partial charge in [-0.3, -0.25) is 0 Å². The number of imidazole rings is 1. The van der Waals surface area contributed by atoms with Gasteiger partial charge in [-0.15, -0.1) is 0 Å². The molecule has 3 nitrogen and oxygen atoms in total. The molecule has 5 heteroatoms. The molecule has 0 bridgehead atoms. The van der Waals surface area contributed by atoms with Gasteiger partial charge >= 0.3 is 401 Å². The molecule has 0 fully saturated rings. The van der Waals surface area contributed by atoms with E-state index in [-0.39, 0.29) is 37.9 Å². The number of benzene rings is 7. The van der Waals surface area contributed by atoms with E-state index in [9.17, 15) is 0 Å². The van der Waals surface area contributed by atoms with Crippen molar-refractivity contribution in [2.45, 2.75) is 118 Å². The minimum absolute atomic E-state index is 0.0195. The first-order valence-electron chi connectivity index (χ1n) is 24.1. The van der Waals surface area contributed by atoms with Crippen LogP contribution in [0, 0.1) is 0 Å². The second kappa shape index (κ2) is 14.9. The van der Waals surface area contributed by atoms with E-state index in [0.29, 0.717) is 11.8 Å². The van der Waals surface area contributed by atoms with Crippen molar-refractivity contribution in [2.24, 2.45) is 0 Å². The Kier molecular flexibility index (Phi) is 9.74. The second-order valence-corrected chi connectivity index (χ2v) is 25.2. The summed E-state index contributed by atoms with van der Waals surface area (Å²) in [6.07, 6.45) is 0.